The summed E-state index contributed by atoms with van der Waals surface area (Å²) in [6.45, 7) is 4.41. The van der Waals surface area contributed by atoms with E-state index in [4.69, 9.17) is 10.5 Å². The Morgan fingerprint density at radius 3 is 2.21 bits per heavy atom. The summed E-state index contributed by atoms with van der Waals surface area (Å²) < 4.78 is 5.19. The number of rotatable bonds is 4. The van der Waals surface area contributed by atoms with Gasteiger partial charge >= 0.3 is 0 Å². The maximum atomic E-state index is 6.56. The summed E-state index contributed by atoms with van der Waals surface area (Å²) in [5.41, 5.74) is 7.58. The van der Waals surface area contributed by atoms with Crippen LogP contribution < -0.4 is 10.5 Å². The lowest BCUT2D eigenvalue weighted by atomic mass is 10.00. The zero-order chi connectivity index (χ0) is 13.7. The fraction of sp³-hybridized carbons (Fsp3) is 0.625. The molecule has 1 aromatic rings. The van der Waals surface area contributed by atoms with Crippen molar-refractivity contribution in [3.63, 3.8) is 0 Å². The van der Waals surface area contributed by atoms with Crippen LogP contribution >= 0.6 is 0 Å². The third-order valence-corrected chi connectivity index (χ3v) is 4.05. The molecule has 3 heteroatoms. The number of hydrogen-bond acceptors (Lipinski definition) is 3. The molecule has 0 bridgehead atoms. The zero-order valence-electron chi connectivity index (χ0n) is 12.2. The molecular formula is C16H26N2O. The van der Waals surface area contributed by atoms with Crippen LogP contribution in [0.2, 0.25) is 0 Å². The van der Waals surface area contributed by atoms with Crippen molar-refractivity contribution in [1.82, 2.24) is 4.90 Å². The molecule has 1 saturated heterocycles. The summed E-state index contributed by atoms with van der Waals surface area (Å²) in [4.78, 5) is 2.45. The largest absolute Gasteiger partial charge is 0.497 e. The smallest absolute Gasteiger partial charge is 0.118 e. The van der Waals surface area contributed by atoms with Gasteiger partial charge in [0.1, 0.15) is 5.75 Å². The molecule has 1 aliphatic heterocycles. The van der Waals surface area contributed by atoms with Crippen LogP contribution in [0.15, 0.2) is 24.3 Å². The third-order valence-electron chi connectivity index (χ3n) is 4.05. The first kappa shape index (κ1) is 14.4. The molecule has 1 aliphatic rings. The van der Waals surface area contributed by atoms with Gasteiger partial charge in [0.2, 0.25) is 0 Å². The molecule has 1 unspecified atom stereocenters. The molecule has 0 amide bonds. The predicted molar refractivity (Wildman–Crippen MR) is 79.3 cm³/mol. The van der Waals surface area contributed by atoms with Crippen LogP contribution in [0.25, 0.3) is 0 Å². The summed E-state index contributed by atoms with van der Waals surface area (Å²) in [7, 11) is 1.69. The maximum absolute atomic E-state index is 6.56. The highest BCUT2D eigenvalue weighted by Gasteiger charge is 2.27. The lowest BCUT2D eigenvalue weighted by molar-refractivity contribution is 0.113. The van der Waals surface area contributed by atoms with Gasteiger partial charge < -0.3 is 10.5 Å². The second-order valence-corrected chi connectivity index (χ2v) is 5.78. The second kappa shape index (κ2) is 6.40. The van der Waals surface area contributed by atoms with Gasteiger partial charge in [-0.3, -0.25) is 4.90 Å². The number of ether oxygens (including phenoxy) is 1. The van der Waals surface area contributed by atoms with Gasteiger partial charge in [-0.15, -0.1) is 0 Å². The molecule has 1 heterocycles. The molecule has 0 saturated carbocycles. The van der Waals surface area contributed by atoms with Gasteiger partial charge in [0.15, 0.2) is 0 Å². The number of nitrogens with zero attached hydrogens (tertiary/aromatic N) is 1. The number of likely N-dealkylation sites (tertiary alicyclic amines) is 1. The van der Waals surface area contributed by atoms with E-state index in [1.54, 1.807) is 7.11 Å². The number of hydrogen-bond donors (Lipinski definition) is 1. The maximum Gasteiger partial charge on any atom is 0.118 e. The molecule has 0 spiro atoms. The van der Waals surface area contributed by atoms with Crippen molar-refractivity contribution in [2.24, 2.45) is 5.73 Å². The van der Waals surface area contributed by atoms with Gasteiger partial charge in [0.05, 0.1) is 12.8 Å². The summed E-state index contributed by atoms with van der Waals surface area (Å²) >= 11 is 0. The van der Waals surface area contributed by atoms with Crippen LogP contribution in [-0.2, 0) is 6.42 Å². The third kappa shape index (κ3) is 3.95. The Morgan fingerprint density at radius 1 is 1.11 bits per heavy atom. The SMILES string of the molecule is COc1ccc(CC(C)(N)N2CCCCCC2)cc1. The molecule has 0 aromatic heterocycles. The average molecular weight is 262 g/mol. The highest BCUT2D eigenvalue weighted by molar-refractivity contribution is 5.28. The first-order chi connectivity index (χ1) is 9.12. The van der Waals surface area contributed by atoms with Crippen molar-refractivity contribution >= 4 is 0 Å². The topological polar surface area (TPSA) is 38.5 Å². The Labute approximate surface area is 116 Å². The molecule has 3 nitrogen and oxygen atoms in total. The minimum Gasteiger partial charge on any atom is -0.497 e. The molecule has 19 heavy (non-hydrogen) atoms. The summed E-state index contributed by atoms with van der Waals surface area (Å²) in [6.07, 6.45) is 6.12. The van der Waals surface area contributed by atoms with Gasteiger partial charge in [-0.2, -0.15) is 0 Å². The molecule has 2 N–H and O–H groups in total. The first-order valence-corrected chi connectivity index (χ1v) is 7.29. The van der Waals surface area contributed by atoms with E-state index in [0.717, 1.165) is 25.3 Å². The van der Waals surface area contributed by atoms with Crippen molar-refractivity contribution in [2.75, 3.05) is 20.2 Å². The van der Waals surface area contributed by atoms with E-state index in [0.29, 0.717) is 0 Å². The average Bonchev–Trinajstić information content (AvgIpc) is 2.68. The van der Waals surface area contributed by atoms with Crippen LogP contribution in [-0.4, -0.2) is 30.8 Å². The monoisotopic (exact) mass is 262 g/mol. The number of benzene rings is 1. The highest BCUT2D eigenvalue weighted by Crippen LogP contribution is 2.21. The van der Waals surface area contributed by atoms with Crippen molar-refractivity contribution in [1.29, 1.82) is 0 Å². The molecule has 2 rings (SSSR count). The van der Waals surface area contributed by atoms with Crippen molar-refractivity contribution in [2.45, 2.75) is 44.7 Å². The van der Waals surface area contributed by atoms with E-state index in [9.17, 15) is 0 Å². The van der Waals surface area contributed by atoms with Crippen molar-refractivity contribution in [3.05, 3.63) is 29.8 Å². The Hall–Kier alpha value is -1.06. The molecule has 0 radical (unpaired) electrons. The van der Waals surface area contributed by atoms with Gasteiger partial charge in [-0.1, -0.05) is 25.0 Å². The van der Waals surface area contributed by atoms with Gasteiger partial charge in [-0.05, 0) is 50.6 Å². The van der Waals surface area contributed by atoms with Gasteiger partial charge in [-0.25, -0.2) is 0 Å². The van der Waals surface area contributed by atoms with Crippen LogP contribution in [0.3, 0.4) is 0 Å². The van der Waals surface area contributed by atoms with Gasteiger partial charge in [0.25, 0.3) is 0 Å². The highest BCUT2D eigenvalue weighted by atomic mass is 16.5. The molecular weight excluding hydrogens is 236 g/mol. The van der Waals surface area contributed by atoms with E-state index < -0.39 is 0 Å². The van der Waals surface area contributed by atoms with Crippen LogP contribution in [0.1, 0.15) is 38.2 Å². The van der Waals surface area contributed by atoms with Crippen LogP contribution in [0.4, 0.5) is 0 Å². The summed E-state index contributed by atoms with van der Waals surface area (Å²) in [5, 5.41) is 0. The fourth-order valence-corrected chi connectivity index (χ4v) is 2.85. The van der Waals surface area contributed by atoms with Crippen molar-refractivity contribution in [3.8, 4) is 5.75 Å². The molecule has 0 aliphatic carbocycles. The van der Waals surface area contributed by atoms with Crippen LogP contribution in [0.5, 0.6) is 5.75 Å². The summed E-state index contributed by atoms with van der Waals surface area (Å²) in [5.74, 6) is 0.900. The molecule has 106 valence electrons. The van der Waals surface area contributed by atoms with Crippen LogP contribution in [0, 0.1) is 0 Å². The Kier molecular flexibility index (Phi) is 4.83. The number of methoxy groups -OCH3 is 1. The molecule has 1 fully saturated rings. The minimum atomic E-state index is -0.251. The molecule has 1 aromatic carbocycles. The zero-order valence-corrected chi connectivity index (χ0v) is 12.2. The standard InChI is InChI=1S/C16H26N2O/c1-16(17,18-11-5-3-4-6-12-18)13-14-7-9-15(19-2)10-8-14/h7-10H,3-6,11-13,17H2,1-2H3. The normalized spacial score (nSPS) is 20.6. The lowest BCUT2D eigenvalue weighted by Gasteiger charge is -2.38. The number of nitrogens with two attached hydrogens (primary N) is 1. The minimum absolute atomic E-state index is 0.251. The Balaban J connectivity index is 2.01. The van der Waals surface area contributed by atoms with E-state index in [-0.39, 0.29) is 5.66 Å². The first-order valence-electron chi connectivity index (χ1n) is 7.29. The Morgan fingerprint density at radius 2 is 1.68 bits per heavy atom. The fourth-order valence-electron chi connectivity index (χ4n) is 2.85. The summed E-state index contributed by atoms with van der Waals surface area (Å²) in [6, 6.07) is 8.24. The van der Waals surface area contributed by atoms with E-state index in [1.807, 2.05) is 12.1 Å². The Bertz CT molecular complexity index is 378. The quantitative estimate of drug-likeness (QED) is 0.907. The van der Waals surface area contributed by atoms with E-state index in [1.165, 1.54) is 31.2 Å². The van der Waals surface area contributed by atoms with Gasteiger partial charge in [0, 0.05) is 6.42 Å². The lowest BCUT2D eigenvalue weighted by Crippen LogP contribution is -2.55. The van der Waals surface area contributed by atoms with Crippen molar-refractivity contribution < 1.29 is 4.74 Å². The predicted octanol–water partition coefficient (Wildman–Crippen LogP) is 2.79. The van der Waals surface area contributed by atoms with E-state index >= 15 is 0 Å². The van der Waals surface area contributed by atoms with E-state index in [2.05, 4.69) is 24.0 Å². The molecule has 1 atom stereocenters. The second-order valence-electron chi connectivity index (χ2n) is 5.78.